The van der Waals surface area contributed by atoms with E-state index >= 15 is 0 Å². The highest BCUT2D eigenvalue weighted by Gasteiger charge is 2.53. The number of phosphoric acid groups is 4. The molecular formula is C33H35N5O18P4. The summed E-state index contributed by atoms with van der Waals surface area (Å²) in [5.74, 6) is -1.74. The number of hydrogen-bond acceptors (Lipinski definition) is 18. The summed E-state index contributed by atoms with van der Waals surface area (Å²) in [7, 11) is -23.6. The molecule has 1 saturated heterocycles. The van der Waals surface area contributed by atoms with Gasteiger partial charge in [-0.25, -0.2) is 33.2 Å². The number of ether oxygens (including phenoxy) is 3. The van der Waals surface area contributed by atoms with Gasteiger partial charge < -0.3 is 39.5 Å². The van der Waals surface area contributed by atoms with E-state index < -0.39 is 81.0 Å². The molecule has 0 amide bonds. The van der Waals surface area contributed by atoms with Crippen molar-refractivity contribution in [3.05, 3.63) is 120 Å². The van der Waals surface area contributed by atoms with Crippen LogP contribution in [-0.2, 0) is 83.5 Å². The number of fused-ring (bicyclic) bond motifs is 1. The quantitative estimate of drug-likeness (QED) is 0.0569. The van der Waals surface area contributed by atoms with Gasteiger partial charge in [0.2, 0.25) is 0 Å². The monoisotopic (exact) mass is 913 g/mol. The van der Waals surface area contributed by atoms with E-state index in [0.717, 1.165) is 6.33 Å². The SMILES string of the molecule is Nc1ncnc2c1ncn2[C@@H]1O[C@H](COP(=O)(O)OP(=O)(O)OP(=O)(O)OP(=O)(O)OCc2ccccc2)C(OC(=O)Cc2ccccc2)[C@@H]1OC(=O)Cc1ccccc1. The number of nitrogens with zero attached hydrogens (tertiary/aromatic N) is 4. The van der Waals surface area contributed by atoms with Crippen molar-refractivity contribution < 1.29 is 83.6 Å². The number of benzene rings is 3. The van der Waals surface area contributed by atoms with Gasteiger partial charge in [-0.15, -0.1) is 0 Å². The van der Waals surface area contributed by atoms with Crippen LogP contribution in [0.25, 0.3) is 11.2 Å². The van der Waals surface area contributed by atoms with Gasteiger partial charge in [0.15, 0.2) is 29.9 Å². The van der Waals surface area contributed by atoms with Gasteiger partial charge in [-0.1, -0.05) is 91.0 Å². The van der Waals surface area contributed by atoms with Gasteiger partial charge in [0.05, 0.1) is 32.4 Å². The zero-order valence-corrected chi connectivity index (χ0v) is 34.2. The first-order valence-corrected chi connectivity index (χ1v) is 23.2. The highest BCUT2D eigenvalue weighted by atomic mass is 31.3. The largest absolute Gasteiger partial charge is 0.490 e. The van der Waals surface area contributed by atoms with Gasteiger partial charge in [0, 0.05) is 0 Å². The summed E-state index contributed by atoms with van der Waals surface area (Å²) < 4.78 is 91.0. The van der Waals surface area contributed by atoms with Crippen LogP contribution in [0.4, 0.5) is 5.82 Å². The van der Waals surface area contributed by atoms with Crippen molar-refractivity contribution in [1.29, 1.82) is 0 Å². The number of nitrogen functional groups attached to an aromatic ring is 1. The molecule has 23 nitrogen and oxygen atoms in total. The maximum absolute atomic E-state index is 13.4. The third kappa shape index (κ3) is 12.5. The van der Waals surface area contributed by atoms with E-state index in [2.05, 4.69) is 32.4 Å². The second-order valence-electron chi connectivity index (χ2n) is 12.6. The fourth-order valence-corrected chi connectivity index (χ4v) is 10.6. The van der Waals surface area contributed by atoms with Gasteiger partial charge in [0.25, 0.3) is 0 Å². The van der Waals surface area contributed by atoms with Gasteiger partial charge in [0.1, 0.15) is 17.9 Å². The Morgan fingerprint density at radius 3 is 1.68 bits per heavy atom. The van der Waals surface area contributed by atoms with Crippen molar-refractivity contribution in [3.63, 3.8) is 0 Å². The number of aromatic nitrogens is 4. The number of esters is 2. The van der Waals surface area contributed by atoms with Crippen molar-refractivity contribution in [2.24, 2.45) is 0 Å². The van der Waals surface area contributed by atoms with Crippen molar-refractivity contribution in [2.45, 2.75) is 44.0 Å². The number of anilines is 1. The lowest BCUT2D eigenvalue weighted by molar-refractivity contribution is -0.167. The number of nitrogens with two attached hydrogens (primary N) is 1. The molecule has 0 radical (unpaired) electrons. The normalized spacial score (nSPS) is 21.9. The van der Waals surface area contributed by atoms with E-state index in [9.17, 15) is 47.4 Å². The zero-order valence-electron chi connectivity index (χ0n) is 30.6. The van der Waals surface area contributed by atoms with Crippen molar-refractivity contribution in [3.8, 4) is 0 Å². The molecule has 0 saturated carbocycles. The Hall–Kier alpha value is -4.53. The fourth-order valence-electron chi connectivity index (χ4n) is 5.67. The minimum absolute atomic E-state index is 0.0338. The predicted octanol–water partition coefficient (Wildman–Crippen LogP) is 4.30. The minimum Gasteiger partial charge on any atom is -0.455 e. The lowest BCUT2D eigenvalue weighted by atomic mass is 10.1. The molecule has 6 rings (SSSR count). The molecule has 1 aliphatic heterocycles. The molecule has 5 aromatic rings. The molecule has 3 aromatic carbocycles. The molecule has 320 valence electrons. The first-order valence-electron chi connectivity index (χ1n) is 17.2. The smallest absolute Gasteiger partial charge is 0.455 e. The molecule has 1 fully saturated rings. The Bertz CT molecular complexity index is 2480. The minimum atomic E-state index is -6.18. The highest BCUT2D eigenvalue weighted by Crippen LogP contribution is 2.71. The Labute approximate surface area is 339 Å². The van der Waals surface area contributed by atoms with E-state index in [0.29, 0.717) is 16.7 Å². The number of rotatable bonds is 19. The predicted molar refractivity (Wildman–Crippen MR) is 203 cm³/mol. The third-order valence-corrected chi connectivity index (χ3v) is 14.0. The van der Waals surface area contributed by atoms with Crippen molar-refractivity contribution >= 4 is 60.2 Å². The Morgan fingerprint density at radius 2 is 1.13 bits per heavy atom. The van der Waals surface area contributed by atoms with E-state index in [1.54, 1.807) is 78.9 Å². The summed E-state index contributed by atoms with van der Waals surface area (Å²) >= 11 is 0. The molecular weight excluding hydrogens is 878 g/mol. The summed E-state index contributed by atoms with van der Waals surface area (Å²) in [5.41, 5.74) is 7.54. The average molecular weight is 914 g/mol. The van der Waals surface area contributed by atoms with E-state index in [-0.39, 0.29) is 29.8 Å². The van der Waals surface area contributed by atoms with E-state index in [4.69, 9.17) is 24.5 Å². The first kappa shape index (κ1) is 45.0. The fraction of sp³-hybridized carbons (Fsp3) is 0.242. The van der Waals surface area contributed by atoms with Gasteiger partial charge >= 0.3 is 43.2 Å². The highest BCUT2D eigenvalue weighted by molar-refractivity contribution is 7.69. The van der Waals surface area contributed by atoms with Crippen LogP contribution in [0.2, 0.25) is 0 Å². The van der Waals surface area contributed by atoms with Crippen molar-refractivity contribution in [2.75, 3.05) is 12.3 Å². The lowest BCUT2D eigenvalue weighted by Gasteiger charge is -2.25. The molecule has 5 unspecified atom stereocenters. The van der Waals surface area contributed by atoms with Gasteiger partial charge in [-0.2, -0.15) is 12.9 Å². The molecule has 27 heteroatoms. The standard InChI is InChI=1S/C33H35N5O18P4/c34-31-28-32(36-20-35-31)38(21-37-28)33-30(53-27(40)17-23-12-6-2-7-13-23)29(52-26(39)16-22-10-4-1-5-11-22)25(51-33)19-50-58(43,44)55-60(47,48)56-59(45,46)54-57(41,42)49-18-24-14-8-3-9-15-24/h1-15,20-21,25,29-30,33H,16-19H2,(H,41,42)(H,43,44)(H,45,46)(H,47,48)(H2,34,35,36)/t25-,29?,30+,33-/m1/s1. The molecule has 3 heterocycles. The van der Waals surface area contributed by atoms with Crippen LogP contribution in [0, 0.1) is 0 Å². The van der Waals surface area contributed by atoms with Crippen LogP contribution in [-0.4, -0.2) is 76.0 Å². The molecule has 8 atom stereocenters. The van der Waals surface area contributed by atoms with Crippen molar-refractivity contribution in [1.82, 2.24) is 19.5 Å². The summed E-state index contributed by atoms with van der Waals surface area (Å²) in [6.07, 6.45) is -4.58. The number of hydrogen-bond donors (Lipinski definition) is 5. The molecule has 6 N–H and O–H groups in total. The number of carbonyl (C=O) groups is 2. The van der Waals surface area contributed by atoms with Gasteiger partial charge in [-0.05, 0) is 16.7 Å². The topological polar surface area (TPSA) is 327 Å². The Kier molecular flexibility index (Phi) is 14.3. The maximum atomic E-state index is 13.4. The van der Waals surface area contributed by atoms with Crippen LogP contribution in [0.3, 0.4) is 0 Å². The molecule has 0 aliphatic carbocycles. The molecule has 0 bridgehead atoms. The molecule has 2 aromatic heterocycles. The van der Waals surface area contributed by atoms with E-state index in [1.165, 1.54) is 23.0 Å². The van der Waals surface area contributed by atoms with Crippen LogP contribution in [0.5, 0.6) is 0 Å². The summed E-state index contributed by atoms with van der Waals surface area (Å²) in [6, 6.07) is 24.5. The summed E-state index contributed by atoms with van der Waals surface area (Å²) in [4.78, 5) is 79.5. The molecule has 1 aliphatic rings. The number of carbonyl (C=O) groups excluding carboxylic acids is 2. The zero-order chi connectivity index (χ0) is 43.1. The number of phosphoric ester groups is 2. The van der Waals surface area contributed by atoms with E-state index in [1.807, 2.05) is 0 Å². The second kappa shape index (κ2) is 19.0. The number of imidazole rings is 1. The summed E-state index contributed by atoms with van der Waals surface area (Å²) in [6.45, 7) is -1.74. The van der Waals surface area contributed by atoms with Gasteiger partial charge in [-0.3, -0.25) is 23.2 Å². The molecule has 0 spiro atoms. The maximum Gasteiger partial charge on any atom is 0.490 e. The van der Waals surface area contributed by atoms with Crippen LogP contribution < -0.4 is 5.73 Å². The Morgan fingerprint density at radius 1 is 0.650 bits per heavy atom. The average Bonchev–Trinajstić information content (AvgIpc) is 3.74. The first-order chi connectivity index (χ1) is 28.4. The third-order valence-electron chi connectivity index (χ3n) is 8.12. The van der Waals surface area contributed by atoms with Crippen LogP contribution in [0.15, 0.2) is 104 Å². The van der Waals surface area contributed by atoms with Crippen LogP contribution in [0.1, 0.15) is 22.9 Å². The lowest BCUT2D eigenvalue weighted by Crippen LogP contribution is -2.41. The second-order valence-corrected chi connectivity index (χ2v) is 18.8. The van der Waals surface area contributed by atoms with Crippen LogP contribution >= 0.6 is 31.3 Å². The Balaban J connectivity index is 1.21. The summed E-state index contributed by atoms with van der Waals surface area (Å²) in [5, 5.41) is 0. The molecule has 60 heavy (non-hydrogen) atoms.